The molecule has 2 heterocycles. The van der Waals surface area contributed by atoms with Gasteiger partial charge in [0.25, 0.3) is 0 Å². The first-order chi connectivity index (χ1) is 7.18. The van der Waals surface area contributed by atoms with Crippen LogP contribution in [0.15, 0.2) is 37.4 Å². The third-order valence-electron chi connectivity index (χ3n) is 1.96. The van der Waals surface area contributed by atoms with Crippen LogP contribution in [-0.2, 0) is 0 Å². The van der Waals surface area contributed by atoms with Crippen LogP contribution < -0.4 is 5.73 Å². The van der Waals surface area contributed by atoms with E-state index in [0.29, 0.717) is 0 Å². The van der Waals surface area contributed by atoms with Gasteiger partial charge in [0.15, 0.2) is 0 Å². The Hall–Kier alpha value is -0.520. The Morgan fingerprint density at radius 1 is 1.53 bits per heavy atom. The summed E-state index contributed by atoms with van der Waals surface area (Å²) in [5.41, 5.74) is 7.53. The van der Waals surface area contributed by atoms with Crippen LogP contribution in [0.2, 0.25) is 0 Å². The summed E-state index contributed by atoms with van der Waals surface area (Å²) >= 11 is 6.87. The van der Waals surface area contributed by atoms with Gasteiger partial charge < -0.3 is 5.73 Å². The molecule has 2 aromatic heterocycles. The molecule has 0 radical (unpaired) electrons. The maximum atomic E-state index is 5.76. The molecule has 0 saturated heterocycles. The van der Waals surface area contributed by atoms with Gasteiger partial charge in [0, 0.05) is 0 Å². The van der Waals surface area contributed by atoms with E-state index >= 15 is 0 Å². The van der Waals surface area contributed by atoms with Crippen LogP contribution in [0.4, 0.5) is 5.69 Å². The van der Waals surface area contributed by atoms with Gasteiger partial charge in [-0.2, -0.15) is 0 Å². The third-order valence-corrected chi connectivity index (χ3v) is 5.24. The second-order valence-corrected chi connectivity index (χ2v) is 6.02. The summed E-state index contributed by atoms with van der Waals surface area (Å²) in [5, 5.41) is 3.02. The van der Waals surface area contributed by atoms with E-state index in [-0.39, 0.29) is 0 Å². The number of rotatable bonds is 2. The molecule has 0 aliphatic carbocycles. The van der Waals surface area contributed by atoms with Gasteiger partial charge >= 0.3 is 0 Å². The van der Waals surface area contributed by atoms with Gasteiger partial charge in [-0.25, -0.2) is 4.98 Å². The van der Waals surface area contributed by atoms with Crippen LogP contribution in [0.1, 0.15) is 5.56 Å². The molecular weight excluding hydrogens is 292 g/mol. The lowest BCUT2D eigenvalue weighted by atomic mass is 10.3. The second-order valence-electron chi connectivity index (χ2n) is 2.99. The summed E-state index contributed by atoms with van der Waals surface area (Å²) in [6.45, 7) is 1.99. The van der Waals surface area contributed by atoms with Crippen molar-refractivity contribution in [3.8, 4) is 0 Å². The van der Waals surface area contributed by atoms with Crippen LogP contribution in [0.25, 0.3) is 0 Å². The van der Waals surface area contributed by atoms with Crippen LogP contribution in [0.5, 0.6) is 0 Å². The summed E-state index contributed by atoms with van der Waals surface area (Å²) in [6.07, 6.45) is 1.70. The summed E-state index contributed by atoms with van der Waals surface area (Å²) in [6, 6.07) is 4.11. The fourth-order valence-electron chi connectivity index (χ4n) is 1.06. The minimum absolute atomic E-state index is 0.720. The molecule has 2 N–H and O–H groups in total. The highest BCUT2D eigenvalue weighted by atomic mass is 79.9. The largest absolute Gasteiger partial charge is 0.397 e. The zero-order valence-electron chi connectivity index (χ0n) is 8.03. The number of halogens is 1. The van der Waals surface area contributed by atoms with E-state index in [2.05, 4.69) is 32.4 Å². The van der Waals surface area contributed by atoms with Gasteiger partial charge in [-0.05, 0) is 39.9 Å². The topological polar surface area (TPSA) is 38.9 Å². The van der Waals surface area contributed by atoms with E-state index in [1.165, 1.54) is 4.21 Å². The second kappa shape index (κ2) is 4.55. The van der Waals surface area contributed by atoms with Crippen molar-refractivity contribution in [1.82, 2.24) is 4.98 Å². The van der Waals surface area contributed by atoms with Gasteiger partial charge in [-0.3, -0.25) is 0 Å². The van der Waals surface area contributed by atoms with E-state index in [1.807, 2.05) is 13.0 Å². The molecule has 0 aromatic carbocycles. The maximum absolute atomic E-state index is 5.76. The number of pyridine rings is 1. The maximum Gasteiger partial charge on any atom is 0.116 e. The van der Waals surface area contributed by atoms with Crippen molar-refractivity contribution in [2.75, 3.05) is 5.73 Å². The summed E-state index contributed by atoms with van der Waals surface area (Å²) in [7, 11) is 0. The molecule has 0 amide bonds. The van der Waals surface area contributed by atoms with Crippen molar-refractivity contribution in [2.24, 2.45) is 0 Å². The molecule has 78 valence electrons. The molecule has 2 nitrogen and oxygen atoms in total. The van der Waals surface area contributed by atoms with Crippen LogP contribution in [-0.4, -0.2) is 4.98 Å². The number of thiophene rings is 1. The van der Waals surface area contributed by atoms with Crippen molar-refractivity contribution in [3.63, 3.8) is 0 Å². The first-order valence-electron chi connectivity index (χ1n) is 4.30. The average molecular weight is 301 g/mol. The highest BCUT2D eigenvalue weighted by molar-refractivity contribution is 9.10. The zero-order chi connectivity index (χ0) is 10.8. The molecular formula is C10H9BrN2S2. The van der Waals surface area contributed by atoms with Crippen LogP contribution in [0.3, 0.4) is 0 Å². The monoisotopic (exact) mass is 300 g/mol. The van der Waals surface area contributed by atoms with Crippen LogP contribution in [0, 0.1) is 6.92 Å². The fourth-order valence-corrected chi connectivity index (χ4v) is 3.36. The molecule has 0 saturated carbocycles. The minimum Gasteiger partial charge on any atom is -0.397 e. The standard InChI is InChI=1S/C10H9BrN2S2/c1-6-7(12)5-13-10(9(6)11)15-8-3-2-4-14-8/h2-5H,12H2,1H3. The van der Waals surface area contributed by atoms with Crippen molar-refractivity contribution >= 4 is 44.7 Å². The quantitative estimate of drug-likeness (QED) is 0.913. The first kappa shape index (κ1) is 11.0. The minimum atomic E-state index is 0.720. The highest BCUT2D eigenvalue weighted by Gasteiger charge is 2.09. The van der Waals surface area contributed by atoms with Crippen molar-refractivity contribution < 1.29 is 0 Å². The summed E-state index contributed by atoms with van der Waals surface area (Å²) in [5.74, 6) is 0. The number of aromatic nitrogens is 1. The molecule has 0 bridgehead atoms. The number of hydrogen-bond donors (Lipinski definition) is 1. The molecule has 0 spiro atoms. The fraction of sp³-hybridized carbons (Fsp3) is 0.100. The van der Waals surface area contributed by atoms with Crippen LogP contribution >= 0.6 is 39.0 Å². The van der Waals surface area contributed by atoms with E-state index in [1.54, 1.807) is 29.3 Å². The number of nitrogens with two attached hydrogens (primary N) is 1. The highest BCUT2D eigenvalue weighted by Crippen LogP contribution is 2.36. The van der Waals surface area contributed by atoms with Gasteiger partial charge in [0.1, 0.15) is 5.03 Å². The number of anilines is 1. The average Bonchev–Trinajstić information content (AvgIpc) is 2.72. The molecule has 2 rings (SSSR count). The molecule has 0 fully saturated rings. The molecule has 2 aromatic rings. The van der Waals surface area contributed by atoms with E-state index in [4.69, 9.17) is 5.73 Å². The summed E-state index contributed by atoms with van der Waals surface area (Å²) < 4.78 is 2.22. The van der Waals surface area contributed by atoms with Gasteiger partial charge in [-0.15, -0.1) is 11.3 Å². The molecule has 0 atom stereocenters. The normalized spacial score (nSPS) is 10.5. The Morgan fingerprint density at radius 3 is 3.00 bits per heavy atom. The predicted octanol–water partition coefficient (Wildman–Crippen LogP) is 3.95. The molecule has 0 unspecified atom stereocenters. The van der Waals surface area contributed by atoms with Gasteiger partial charge in [0.2, 0.25) is 0 Å². The third kappa shape index (κ3) is 2.35. The number of hydrogen-bond acceptors (Lipinski definition) is 4. The van der Waals surface area contributed by atoms with E-state index in [0.717, 1.165) is 20.7 Å². The number of nitrogen functional groups attached to an aromatic ring is 1. The van der Waals surface area contributed by atoms with Crippen molar-refractivity contribution in [2.45, 2.75) is 16.2 Å². The van der Waals surface area contributed by atoms with Gasteiger partial charge in [0.05, 0.1) is 20.6 Å². The van der Waals surface area contributed by atoms with Gasteiger partial charge in [-0.1, -0.05) is 17.8 Å². The molecule has 15 heavy (non-hydrogen) atoms. The Morgan fingerprint density at radius 2 is 2.33 bits per heavy atom. The van der Waals surface area contributed by atoms with Crippen molar-refractivity contribution in [1.29, 1.82) is 0 Å². The molecule has 5 heteroatoms. The number of nitrogens with zero attached hydrogens (tertiary/aromatic N) is 1. The molecule has 0 aliphatic heterocycles. The Kier molecular flexibility index (Phi) is 3.33. The Balaban J connectivity index is 2.34. The lowest BCUT2D eigenvalue weighted by Gasteiger charge is -2.06. The van der Waals surface area contributed by atoms with E-state index < -0.39 is 0 Å². The van der Waals surface area contributed by atoms with E-state index in [9.17, 15) is 0 Å². The smallest absolute Gasteiger partial charge is 0.116 e. The molecule has 0 aliphatic rings. The Bertz CT molecular complexity index is 469. The SMILES string of the molecule is Cc1c(N)cnc(Sc2cccs2)c1Br. The van der Waals surface area contributed by atoms with Crippen molar-refractivity contribution in [3.05, 3.63) is 33.7 Å². The predicted molar refractivity (Wildman–Crippen MR) is 69.5 cm³/mol. The first-order valence-corrected chi connectivity index (χ1v) is 6.79. The zero-order valence-corrected chi connectivity index (χ0v) is 11.2. The Labute approximate surface area is 105 Å². The summed E-state index contributed by atoms with van der Waals surface area (Å²) in [4.78, 5) is 4.31. The lowest BCUT2D eigenvalue weighted by molar-refractivity contribution is 1.09. The lowest BCUT2D eigenvalue weighted by Crippen LogP contribution is -1.94.